The molecule has 5 nitrogen and oxygen atoms in total. The number of aliphatic carboxylic acids is 1. The number of thioether (sulfide) groups is 1. The summed E-state index contributed by atoms with van der Waals surface area (Å²) >= 11 is 1.71. The Morgan fingerprint density at radius 3 is 2.74 bits per heavy atom. The first-order valence-electron chi connectivity index (χ1n) is 6.85. The molecule has 0 spiro atoms. The SMILES string of the molecule is CCC(CSC)NC(=O)NC1CCCC(C(=O)O)C1. The Labute approximate surface area is 118 Å². The van der Waals surface area contributed by atoms with E-state index in [1.165, 1.54) is 0 Å². The molecule has 1 fully saturated rings. The third-order valence-electron chi connectivity index (χ3n) is 3.55. The number of carbonyl (C=O) groups is 2. The Bertz CT molecular complexity index is 312. The van der Waals surface area contributed by atoms with Crippen LogP contribution in [0.4, 0.5) is 4.79 Å². The highest BCUT2D eigenvalue weighted by molar-refractivity contribution is 7.98. The molecule has 6 heteroatoms. The van der Waals surface area contributed by atoms with Crippen molar-refractivity contribution in [2.24, 2.45) is 5.92 Å². The predicted octanol–water partition coefficient (Wildman–Crippen LogP) is 2.07. The average molecular weight is 288 g/mol. The number of nitrogens with one attached hydrogen (secondary N) is 2. The van der Waals surface area contributed by atoms with Crippen LogP contribution in [0.25, 0.3) is 0 Å². The Balaban J connectivity index is 2.37. The van der Waals surface area contributed by atoms with E-state index in [0.29, 0.717) is 6.42 Å². The summed E-state index contributed by atoms with van der Waals surface area (Å²) in [6.45, 7) is 2.04. The van der Waals surface area contributed by atoms with Crippen LogP contribution in [-0.2, 0) is 4.79 Å². The summed E-state index contributed by atoms with van der Waals surface area (Å²) in [5.41, 5.74) is 0. The molecule has 19 heavy (non-hydrogen) atoms. The van der Waals surface area contributed by atoms with Crippen LogP contribution in [0.5, 0.6) is 0 Å². The molecule has 110 valence electrons. The number of carbonyl (C=O) groups excluding carboxylic acids is 1. The number of carboxylic acid groups (broad SMARTS) is 1. The molecule has 2 amide bonds. The minimum absolute atomic E-state index is 0.0124. The molecule has 3 atom stereocenters. The highest BCUT2D eigenvalue weighted by Gasteiger charge is 2.27. The van der Waals surface area contributed by atoms with Crippen molar-refractivity contribution in [3.8, 4) is 0 Å². The Kier molecular flexibility index (Phi) is 7.05. The molecule has 1 saturated carbocycles. The lowest BCUT2D eigenvalue weighted by Crippen LogP contribution is -2.48. The molecular weight excluding hydrogens is 264 g/mol. The first kappa shape index (κ1) is 16.1. The van der Waals surface area contributed by atoms with Gasteiger partial charge < -0.3 is 15.7 Å². The number of amides is 2. The van der Waals surface area contributed by atoms with Gasteiger partial charge in [0.1, 0.15) is 0 Å². The summed E-state index contributed by atoms with van der Waals surface area (Å²) in [5.74, 6) is -0.167. The highest BCUT2D eigenvalue weighted by Crippen LogP contribution is 2.24. The van der Waals surface area contributed by atoms with Gasteiger partial charge in [0.25, 0.3) is 0 Å². The van der Waals surface area contributed by atoms with Crippen LogP contribution >= 0.6 is 11.8 Å². The third kappa shape index (κ3) is 5.72. The average Bonchev–Trinajstić information content (AvgIpc) is 2.38. The second-order valence-corrected chi connectivity index (χ2v) is 5.99. The van der Waals surface area contributed by atoms with Crippen LogP contribution in [0.3, 0.4) is 0 Å². The van der Waals surface area contributed by atoms with E-state index >= 15 is 0 Å². The molecule has 0 aromatic rings. The summed E-state index contributed by atoms with van der Waals surface area (Å²) in [4.78, 5) is 22.8. The molecule has 1 aliphatic rings. The van der Waals surface area contributed by atoms with Gasteiger partial charge in [-0.05, 0) is 31.9 Å². The van der Waals surface area contributed by atoms with E-state index in [2.05, 4.69) is 10.6 Å². The van der Waals surface area contributed by atoms with E-state index in [1.807, 2.05) is 13.2 Å². The number of urea groups is 1. The van der Waals surface area contributed by atoms with Gasteiger partial charge in [-0.25, -0.2) is 4.79 Å². The van der Waals surface area contributed by atoms with Crippen LogP contribution in [0, 0.1) is 5.92 Å². The number of rotatable bonds is 6. The molecule has 3 unspecified atom stereocenters. The molecule has 3 N–H and O–H groups in total. The fourth-order valence-electron chi connectivity index (χ4n) is 2.42. The lowest BCUT2D eigenvalue weighted by Gasteiger charge is -2.28. The molecular formula is C13H24N2O3S. The standard InChI is InChI=1S/C13H24N2O3S/c1-3-10(8-19-2)14-13(18)15-11-6-4-5-9(7-11)12(16)17/h9-11H,3-8H2,1-2H3,(H,16,17)(H2,14,15,18). The van der Waals surface area contributed by atoms with Gasteiger partial charge in [0, 0.05) is 17.8 Å². The minimum atomic E-state index is -0.749. The molecule has 0 radical (unpaired) electrons. The fraction of sp³-hybridized carbons (Fsp3) is 0.846. The van der Waals surface area contributed by atoms with Crippen molar-refractivity contribution in [1.82, 2.24) is 10.6 Å². The van der Waals surface area contributed by atoms with Gasteiger partial charge in [-0.15, -0.1) is 0 Å². The maximum atomic E-state index is 11.9. The summed E-state index contributed by atoms with van der Waals surface area (Å²) < 4.78 is 0. The first-order valence-corrected chi connectivity index (χ1v) is 8.25. The second kappa shape index (κ2) is 8.30. The zero-order chi connectivity index (χ0) is 14.3. The van der Waals surface area contributed by atoms with E-state index in [1.54, 1.807) is 11.8 Å². The van der Waals surface area contributed by atoms with Crippen LogP contribution in [0.1, 0.15) is 39.0 Å². The van der Waals surface area contributed by atoms with Crippen LogP contribution in [0.2, 0.25) is 0 Å². The van der Waals surface area contributed by atoms with E-state index in [9.17, 15) is 9.59 Å². The summed E-state index contributed by atoms with van der Waals surface area (Å²) in [7, 11) is 0. The largest absolute Gasteiger partial charge is 0.481 e. The van der Waals surface area contributed by atoms with E-state index < -0.39 is 5.97 Å². The van der Waals surface area contributed by atoms with Gasteiger partial charge in [-0.2, -0.15) is 11.8 Å². The Morgan fingerprint density at radius 2 is 2.16 bits per heavy atom. The normalized spacial score (nSPS) is 24.5. The van der Waals surface area contributed by atoms with Crippen molar-refractivity contribution < 1.29 is 14.7 Å². The summed E-state index contributed by atoms with van der Waals surface area (Å²) in [5, 5.41) is 14.9. The summed E-state index contributed by atoms with van der Waals surface area (Å²) in [6, 6.07) is -0.00700. The van der Waals surface area contributed by atoms with Crippen LogP contribution < -0.4 is 10.6 Å². The maximum absolute atomic E-state index is 11.9. The first-order chi connectivity index (χ1) is 9.06. The third-order valence-corrected chi connectivity index (χ3v) is 4.29. The van der Waals surface area contributed by atoms with Crippen molar-refractivity contribution in [3.05, 3.63) is 0 Å². The maximum Gasteiger partial charge on any atom is 0.315 e. The minimum Gasteiger partial charge on any atom is -0.481 e. The molecule has 0 heterocycles. The highest BCUT2D eigenvalue weighted by atomic mass is 32.2. The monoisotopic (exact) mass is 288 g/mol. The van der Waals surface area contributed by atoms with Crippen molar-refractivity contribution >= 4 is 23.8 Å². The van der Waals surface area contributed by atoms with E-state index in [-0.39, 0.29) is 24.0 Å². The van der Waals surface area contributed by atoms with E-state index in [0.717, 1.165) is 31.4 Å². The van der Waals surface area contributed by atoms with Gasteiger partial charge in [0.15, 0.2) is 0 Å². The fourth-order valence-corrected chi connectivity index (χ4v) is 3.14. The lowest BCUT2D eigenvalue weighted by atomic mass is 9.86. The van der Waals surface area contributed by atoms with Crippen molar-refractivity contribution in [1.29, 1.82) is 0 Å². The number of hydrogen-bond donors (Lipinski definition) is 3. The molecule has 0 aromatic heterocycles. The number of hydrogen-bond acceptors (Lipinski definition) is 3. The van der Waals surface area contributed by atoms with Gasteiger partial charge in [-0.3, -0.25) is 4.79 Å². The molecule has 0 bridgehead atoms. The number of carboxylic acids is 1. The Hall–Kier alpha value is -0.910. The Morgan fingerprint density at radius 1 is 1.42 bits per heavy atom. The molecule has 0 aliphatic heterocycles. The molecule has 1 aliphatic carbocycles. The van der Waals surface area contributed by atoms with Gasteiger partial charge >= 0.3 is 12.0 Å². The van der Waals surface area contributed by atoms with Crippen LogP contribution in [0.15, 0.2) is 0 Å². The topological polar surface area (TPSA) is 78.4 Å². The van der Waals surface area contributed by atoms with Gasteiger partial charge in [-0.1, -0.05) is 13.3 Å². The smallest absolute Gasteiger partial charge is 0.315 e. The zero-order valence-electron chi connectivity index (χ0n) is 11.6. The quantitative estimate of drug-likeness (QED) is 0.699. The van der Waals surface area contributed by atoms with Gasteiger partial charge in [0.2, 0.25) is 0 Å². The molecule has 1 rings (SSSR count). The predicted molar refractivity (Wildman–Crippen MR) is 77.5 cm³/mol. The van der Waals surface area contributed by atoms with Gasteiger partial charge in [0.05, 0.1) is 5.92 Å². The zero-order valence-corrected chi connectivity index (χ0v) is 12.5. The van der Waals surface area contributed by atoms with Crippen LogP contribution in [-0.4, -0.2) is 41.2 Å². The molecule has 0 aromatic carbocycles. The van der Waals surface area contributed by atoms with Crippen molar-refractivity contribution in [2.45, 2.75) is 51.1 Å². The van der Waals surface area contributed by atoms with Crippen molar-refractivity contribution in [3.63, 3.8) is 0 Å². The van der Waals surface area contributed by atoms with Crippen molar-refractivity contribution in [2.75, 3.05) is 12.0 Å². The lowest BCUT2D eigenvalue weighted by molar-refractivity contribution is -0.143. The summed E-state index contributed by atoms with van der Waals surface area (Å²) in [6.07, 6.45) is 5.92. The van der Waals surface area contributed by atoms with E-state index in [4.69, 9.17) is 5.11 Å². The second-order valence-electron chi connectivity index (χ2n) is 5.08. The molecule has 0 saturated heterocycles.